The van der Waals surface area contributed by atoms with E-state index in [-0.39, 0.29) is 11.8 Å². The first-order valence-corrected chi connectivity index (χ1v) is 12.3. The Morgan fingerprint density at radius 1 is 1.13 bits per heavy atom. The summed E-state index contributed by atoms with van der Waals surface area (Å²) in [5, 5.41) is 3.48. The van der Waals surface area contributed by atoms with Crippen LogP contribution in [0.1, 0.15) is 33.4 Å². The van der Waals surface area contributed by atoms with E-state index in [4.69, 9.17) is 10.5 Å². The zero-order valence-electron chi connectivity index (χ0n) is 21.5. The minimum absolute atomic E-state index is 0.247. The maximum atomic E-state index is 14.0. The van der Waals surface area contributed by atoms with Crippen molar-refractivity contribution in [3.8, 4) is 22.3 Å². The monoisotopic (exact) mass is 515 g/mol. The van der Waals surface area contributed by atoms with Crippen molar-refractivity contribution in [1.29, 1.82) is 0 Å². The first-order valence-electron chi connectivity index (χ1n) is 12.3. The second-order valence-corrected chi connectivity index (χ2v) is 9.46. The molecular weight excluding hydrogens is 485 g/mol. The molecule has 8 nitrogen and oxygen atoms in total. The summed E-state index contributed by atoms with van der Waals surface area (Å²) in [5.41, 5.74) is 10.1. The number of carbonyl (C=O) groups is 2. The number of hydrogen-bond acceptors (Lipinski definition) is 6. The fourth-order valence-corrected chi connectivity index (χ4v) is 4.25. The van der Waals surface area contributed by atoms with E-state index in [0.29, 0.717) is 28.9 Å². The van der Waals surface area contributed by atoms with Crippen molar-refractivity contribution in [3.63, 3.8) is 0 Å². The van der Waals surface area contributed by atoms with E-state index in [1.54, 1.807) is 36.0 Å². The topological polar surface area (TPSA) is 112 Å². The van der Waals surface area contributed by atoms with Crippen molar-refractivity contribution in [2.45, 2.75) is 39.5 Å². The van der Waals surface area contributed by atoms with E-state index in [9.17, 15) is 14.0 Å². The number of esters is 1. The van der Waals surface area contributed by atoms with Crippen LogP contribution in [-0.4, -0.2) is 32.5 Å². The van der Waals surface area contributed by atoms with Gasteiger partial charge in [-0.3, -0.25) is 14.2 Å². The normalized spacial score (nSPS) is 12.8. The highest BCUT2D eigenvalue weighted by Gasteiger charge is 2.23. The minimum Gasteiger partial charge on any atom is -0.440 e. The third-order valence-corrected chi connectivity index (χ3v) is 6.06. The van der Waals surface area contributed by atoms with Gasteiger partial charge in [0, 0.05) is 46.9 Å². The van der Waals surface area contributed by atoms with Crippen molar-refractivity contribution in [2.75, 3.05) is 5.32 Å². The van der Waals surface area contributed by atoms with Crippen LogP contribution in [0.15, 0.2) is 73.7 Å². The lowest BCUT2D eigenvalue weighted by molar-refractivity contribution is -0.154. The van der Waals surface area contributed by atoms with Crippen LogP contribution in [0.5, 0.6) is 0 Å². The van der Waals surface area contributed by atoms with Crippen LogP contribution in [0.2, 0.25) is 0 Å². The van der Waals surface area contributed by atoms with Crippen molar-refractivity contribution in [3.05, 3.63) is 79.7 Å². The smallest absolute Gasteiger partial charge is 0.324 e. The third kappa shape index (κ3) is 5.95. The third-order valence-electron chi connectivity index (χ3n) is 6.06. The molecule has 0 aliphatic heterocycles. The Balaban J connectivity index is 1.77. The molecule has 0 saturated heterocycles. The summed E-state index contributed by atoms with van der Waals surface area (Å²) in [6.07, 6.45) is 5.87. The average molecular weight is 516 g/mol. The van der Waals surface area contributed by atoms with Crippen LogP contribution in [0.4, 0.5) is 10.1 Å². The molecule has 0 bridgehead atoms. The lowest BCUT2D eigenvalue weighted by Gasteiger charge is -2.19. The number of ether oxygens (including phenoxy) is 1. The van der Waals surface area contributed by atoms with Crippen LogP contribution in [-0.2, 0) is 14.3 Å². The van der Waals surface area contributed by atoms with Gasteiger partial charge in [-0.15, -0.1) is 0 Å². The van der Waals surface area contributed by atoms with Crippen LogP contribution in [0, 0.1) is 11.9 Å². The van der Waals surface area contributed by atoms with E-state index >= 15 is 0 Å². The Kier molecular flexibility index (Phi) is 7.97. The molecule has 38 heavy (non-hydrogen) atoms. The fraction of sp³-hybridized carbons (Fsp3) is 0.241. The molecule has 2 atom stereocenters. The first-order chi connectivity index (χ1) is 18.2. The summed E-state index contributed by atoms with van der Waals surface area (Å²) in [7, 11) is 0. The molecule has 3 aromatic heterocycles. The molecule has 4 aromatic rings. The first kappa shape index (κ1) is 26.7. The van der Waals surface area contributed by atoms with Gasteiger partial charge in [-0.1, -0.05) is 32.6 Å². The predicted octanol–water partition coefficient (Wildman–Crippen LogP) is 5.46. The van der Waals surface area contributed by atoms with E-state index in [2.05, 4.69) is 21.9 Å². The van der Waals surface area contributed by atoms with Gasteiger partial charge in [0.25, 0.3) is 0 Å². The molecule has 1 aromatic carbocycles. The van der Waals surface area contributed by atoms with Gasteiger partial charge >= 0.3 is 5.97 Å². The summed E-state index contributed by atoms with van der Waals surface area (Å²) < 4.78 is 21.5. The number of pyridine rings is 2. The van der Waals surface area contributed by atoms with Gasteiger partial charge in [0.1, 0.15) is 11.7 Å². The van der Waals surface area contributed by atoms with E-state index in [0.717, 1.165) is 16.5 Å². The number of hydrogen-bond donors (Lipinski definition) is 2. The summed E-state index contributed by atoms with van der Waals surface area (Å²) in [4.78, 5) is 32.7. The number of rotatable bonds is 9. The van der Waals surface area contributed by atoms with Crippen molar-refractivity contribution in [1.82, 2.24) is 14.5 Å². The van der Waals surface area contributed by atoms with Crippen molar-refractivity contribution < 1.29 is 18.7 Å². The number of nitrogens with one attached hydrogen (secondary N) is 1. The van der Waals surface area contributed by atoms with E-state index in [1.807, 2.05) is 38.1 Å². The molecule has 196 valence electrons. The summed E-state index contributed by atoms with van der Waals surface area (Å²) in [6, 6.07) is 11.6. The molecule has 0 aliphatic rings. The molecular formula is C29H30FN5O3. The molecule has 1 unspecified atom stereocenters. The molecule has 0 radical (unpaired) electrons. The molecule has 3 heterocycles. The quantitative estimate of drug-likeness (QED) is 0.174. The number of carbonyl (C=O) groups excluding carboxylic acids is 2. The molecule has 0 saturated carbocycles. The van der Waals surface area contributed by atoms with Gasteiger partial charge in [0.05, 0.1) is 0 Å². The maximum absolute atomic E-state index is 14.0. The Morgan fingerprint density at radius 3 is 2.63 bits per heavy atom. The Morgan fingerprint density at radius 2 is 1.92 bits per heavy atom. The lowest BCUT2D eigenvalue weighted by atomic mass is 10.0. The van der Waals surface area contributed by atoms with Gasteiger partial charge in [0.2, 0.25) is 11.9 Å². The number of fused-ring (bicyclic) bond motifs is 1. The van der Waals surface area contributed by atoms with Crippen LogP contribution < -0.4 is 11.1 Å². The lowest BCUT2D eigenvalue weighted by Crippen LogP contribution is -2.34. The zero-order valence-corrected chi connectivity index (χ0v) is 21.5. The van der Waals surface area contributed by atoms with Gasteiger partial charge in [-0.25, -0.2) is 9.97 Å². The van der Waals surface area contributed by atoms with Crippen LogP contribution >= 0.6 is 0 Å². The fourth-order valence-electron chi connectivity index (χ4n) is 4.25. The van der Waals surface area contributed by atoms with Crippen LogP contribution in [0.3, 0.4) is 0 Å². The predicted molar refractivity (Wildman–Crippen MR) is 145 cm³/mol. The Hall–Kier alpha value is -4.37. The molecule has 9 heteroatoms. The molecule has 4 rings (SSSR count). The molecule has 0 fully saturated rings. The Bertz CT molecular complexity index is 1500. The van der Waals surface area contributed by atoms with E-state index in [1.165, 1.54) is 18.3 Å². The summed E-state index contributed by atoms with van der Waals surface area (Å²) >= 11 is 0. The molecule has 1 amide bonds. The number of anilines is 1. The minimum atomic E-state index is -0.735. The van der Waals surface area contributed by atoms with E-state index < -0.39 is 24.2 Å². The largest absolute Gasteiger partial charge is 0.440 e. The highest BCUT2D eigenvalue weighted by atomic mass is 19.1. The highest BCUT2D eigenvalue weighted by molar-refractivity contribution is 6.00. The van der Waals surface area contributed by atoms with Gasteiger partial charge in [0.15, 0.2) is 6.23 Å². The maximum Gasteiger partial charge on any atom is 0.324 e. The van der Waals surface area contributed by atoms with Gasteiger partial charge in [-0.05, 0) is 60.7 Å². The highest BCUT2D eigenvalue weighted by Crippen LogP contribution is 2.35. The number of nitrogens with zero attached hydrogens (tertiary/aromatic N) is 3. The van der Waals surface area contributed by atoms with Crippen molar-refractivity contribution in [2.24, 2.45) is 11.7 Å². The molecule has 0 aliphatic carbocycles. The number of nitrogens with two attached hydrogens (primary N) is 1. The zero-order chi connectivity index (χ0) is 27.4. The van der Waals surface area contributed by atoms with Gasteiger partial charge < -0.3 is 15.8 Å². The summed E-state index contributed by atoms with van der Waals surface area (Å²) in [6.45, 7) is 9.19. The SMILES string of the molecule is C=CC(=O)Nc1cccc(-c2cnc3c(c2)c(-c2ccnc(F)c2)cn3C(C)OC(=O)[C@@H](N)CC(C)C)c1. The second kappa shape index (κ2) is 11.4. The Labute approximate surface area is 220 Å². The second-order valence-electron chi connectivity index (χ2n) is 9.46. The number of amides is 1. The van der Waals surface area contributed by atoms with Crippen LogP contribution in [0.25, 0.3) is 33.3 Å². The van der Waals surface area contributed by atoms with Crippen molar-refractivity contribution >= 4 is 28.6 Å². The van der Waals surface area contributed by atoms with Gasteiger partial charge in [-0.2, -0.15) is 4.39 Å². The number of benzene rings is 1. The number of halogens is 1. The number of aromatic nitrogens is 3. The average Bonchev–Trinajstić information content (AvgIpc) is 3.27. The standard InChI is InChI=1S/C29H30FN5O3/c1-5-27(36)34-22-8-6-7-19(12-22)21-13-23-24(20-9-10-32-26(30)14-20)16-35(28(23)33-15-21)18(4)38-29(37)25(31)11-17(2)3/h5-10,12-18,25H,1,11,31H2,2-4H3,(H,34,36)/t18?,25-/m0/s1. The molecule has 3 N–H and O–H groups in total. The summed E-state index contributed by atoms with van der Waals surface area (Å²) in [5.74, 6) is -1.18. The molecule has 0 spiro atoms.